The minimum atomic E-state index is -0.479. The molecule has 0 bridgehead atoms. The fraction of sp³-hybridized carbons (Fsp3) is 0.524. The Labute approximate surface area is 172 Å². The Hall–Kier alpha value is -2.21. The molecule has 152 valence electrons. The van der Waals surface area contributed by atoms with Crippen molar-refractivity contribution in [3.05, 3.63) is 47.3 Å². The van der Waals surface area contributed by atoms with Gasteiger partial charge in [0.25, 0.3) is 0 Å². The van der Waals surface area contributed by atoms with Crippen LogP contribution in [0.1, 0.15) is 39.2 Å². The average Bonchev–Trinajstić information content (AvgIpc) is 2.61. The number of aliphatic imine (C=N–C) groups is 1. The zero-order chi connectivity index (χ0) is 20.1. The fourth-order valence-corrected chi connectivity index (χ4v) is 3.65. The number of nitrogens with one attached hydrogen (secondary N) is 1. The van der Waals surface area contributed by atoms with Gasteiger partial charge in [0.1, 0.15) is 16.6 Å². The van der Waals surface area contributed by atoms with Crippen molar-refractivity contribution in [1.29, 1.82) is 0 Å². The van der Waals surface area contributed by atoms with Crippen LogP contribution in [0, 0.1) is 0 Å². The molecule has 1 saturated heterocycles. The second-order valence-electron chi connectivity index (χ2n) is 8.28. The van der Waals surface area contributed by atoms with E-state index in [1.165, 1.54) is 5.56 Å². The number of nitrogens with zero attached hydrogens (tertiary/aromatic N) is 3. The molecule has 0 atom stereocenters. The van der Waals surface area contributed by atoms with Gasteiger partial charge >= 0.3 is 6.09 Å². The number of halogens is 1. The van der Waals surface area contributed by atoms with Crippen LogP contribution in [0.25, 0.3) is 0 Å². The molecule has 1 N–H and O–H groups in total. The quantitative estimate of drug-likeness (QED) is 0.775. The van der Waals surface area contributed by atoms with Crippen molar-refractivity contribution in [3.8, 4) is 0 Å². The molecule has 0 aliphatic carbocycles. The van der Waals surface area contributed by atoms with E-state index in [0.717, 1.165) is 44.9 Å². The van der Waals surface area contributed by atoms with Crippen LogP contribution in [0.3, 0.4) is 0 Å². The SMILES string of the molecule is CC(C)(C)OC(=O)NC1CCN(C2=NC(Cl)=CN(Cc3ccccc3)C2)CC1. The summed E-state index contributed by atoms with van der Waals surface area (Å²) in [4.78, 5) is 21.0. The van der Waals surface area contributed by atoms with Crippen LogP contribution < -0.4 is 5.32 Å². The van der Waals surface area contributed by atoms with Crippen LogP contribution in [-0.4, -0.2) is 53.0 Å². The van der Waals surface area contributed by atoms with Gasteiger partial charge < -0.3 is 19.9 Å². The molecule has 1 amide bonds. The summed E-state index contributed by atoms with van der Waals surface area (Å²) in [5, 5.41) is 3.48. The summed E-state index contributed by atoms with van der Waals surface area (Å²) in [5.41, 5.74) is 0.761. The minimum absolute atomic E-state index is 0.127. The van der Waals surface area contributed by atoms with Gasteiger partial charge in [-0.1, -0.05) is 41.9 Å². The minimum Gasteiger partial charge on any atom is -0.444 e. The zero-order valence-electron chi connectivity index (χ0n) is 16.8. The highest BCUT2D eigenvalue weighted by molar-refractivity contribution is 6.30. The number of hydrogen-bond acceptors (Lipinski definition) is 5. The van der Waals surface area contributed by atoms with E-state index in [1.807, 2.05) is 45.2 Å². The number of carbonyl (C=O) groups is 1. The van der Waals surface area contributed by atoms with E-state index >= 15 is 0 Å². The number of rotatable bonds is 3. The molecule has 1 aromatic rings. The Morgan fingerprint density at radius 3 is 2.57 bits per heavy atom. The molecule has 2 aliphatic rings. The van der Waals surface area contributed by atoms with E-state index in [1.54, 1.807) is 0 Å². The number of carbonyl (C=O) groups excluding carboxylic acids is 1. The first-order chi connectivity index (χ1) is 13.3. The van der Waals surface area contributed by atoms with Gasteiger partial charge in [-0.3, -0.25) is 0 Å². The highest BCUT2D eigenvalue weighted by Gasteiger charge is 2.26. The number of likely N-dealkylation sites (tertiary alicyclic amines) is 1. The standard InChI is InChI=1S/C21H29ClN4O2/c1-21(2,3)28-20(27)23-17-9-11-26(12-10-17)19-15-25(14-18(22)24-19)13-16-7-5-4-6-8-16/h4-8,14,17H,9-13,15H2,1-3H3,(H,23,27). The van der Waals surface area contributed by atoms with Crippen molar-refractivity contribution in [1.82, 2.24) is 15.1 Å². The lowest BCUT2D eigenvalue weighted by atomic mass is 10.0. The van der Waals surface area contributed by atoms with Gasteiger partial charge in [0.2, 0.25) is 0 Å². The number of alkyl carbamates (subject to hydrolysis) is 1. The molecule has 0 radical (unpaired) electrons. The number of ether oxygens (including phenoxy) is 1. The third-order valence-electron chi connectivity index (χ3n) is 4.68. The first kappa shape index (κ1) is 20.5. The Bertz CT molecular complexity index is 735. The molecule has 1 aromatic carbocycles. The lowest BCUT2D eigenvalue weighted by Crippen LogP contribution is -2.49. The van der Waals surface area contributed by atoms with Gasteiger partial charge in [0.05, 0.1) is 6.54 Å². The summed E-state index contributed by atoms with van der Waals surface area (Å²) in [7, 11) is 0. The van der Waals surface area contributed by atoms with Gasteiger partial charge in [0.15, 0.2) is 0 Å². The molecule has 0 aromatic heterocycles. The summed E-state index contributed by atoms with van der Waals surface area (Å²) in [5.74, 6) is 0.985. The van der Waals surface area contributed by atoms with E-state index < -0.39 is 5.60 Å². The van der Waals surface area contributed by atoms with Crippen molar-refractivity contribution < 1.29 is 9.53 Å². The third kappa shape index (κ3) is 6.16. The predicted octanol–water partition coefficient (Wildman–Crippen LogP) is 3.93. The Balaban J connectivity index is 1.51. The average molecular weight is 405 g/mol. The Kier molecular flexibility index (Phi) is 6.50. The van der Waals surface area contributed by atoms with E-state index in [9.17, 15) is 4.79 Å². The van der Waals surface area contributed by atoms with Crippen LogP contribution in [0.15, 0.2) is 46.7 Å². The van der Waals surface area contributed by atoms with Crippen molar-refractivity contribution in [2.24, 2.45) is 4.99 Å². The van der Waals surface area contributed by atoms with Gasteiger partial charge in [-0.15, -0.1) is 0 Å². The fourth-order valence-electron chi connectivity index (χ4n) is 3.41. The van der Waals surface area contributed by atoms with Crippen LogP contribution in [0.2, 0.25) is 0 Å². The predicted molar refractivity (Wildman–Crippen MR) is 112 cm³/mol. The summed E-state index contributed by atoms with van der Waals surface area (Å²) in [6, 6.07) is 10.5. The summed E-state index contributed by atoms with van der Waals surface area (Å²) in [6.07, 6.45) is 3.27. The molecule has 1 fully saturated rings. The topological polar surface area (TPSA) is 57.2 Å². The third-order valence-corrected chi connectivity index (χ3v) is 4.86. The first-order valence-electron chi connectivity index (χ1n) is 9.76. The molecule has 6 nitrogen and oxygen atoms in total. The maximum Gasteiger partial charge on any atom is 0.407 e. The molecule has 0 unspecified atom stereocenters. The highest BCUT2D eigenvalue weighted by atomic mass is 35.5. The number of piperidine rings is 1. The second kappa shape index (κ2) is 8.86. The van der Waals surface area contributed by atoms with E-state index in [0.29, 0.717) is 5.16 Å². The van der Waals surface area contributed by atoms with Crippen molar-refractivity contribution in [3.63, 3.8) is 0 Å². The van der Waals surface area contributed by atoms with Crippen molar-refractivity contribution in [2.45, 2.75) is 51.8 Å². The largest absolute Gasteiger partial charge is 0.444 e. The highest BCUT2D eigenvalue weighted by Crippen LogP contribution is 2.20. The van der Waals surface area contributed by atoms with Crippen molar-refractivity contribution in [2.75, 3.05) is 19.6 Å². The van der Waals surface area contributed by atoms with Gasteiger partial charge in [-0.05, 0) is 39.2 Å². The number of amidine groups is 1. The van der Waals surface area contributed by atoms with Crippen LogP contribution in [0.4, 0.5) is 4.79 Å². The van der Waals surface area contributed by atoms with E-state index in [4.69, 9.17) is 16.3 Å². The molecule has 0 saturated carbocycles. The number of amides is 1. The Morgan fingerprint density at radius 1 is 1.25 bits per heavy atom. The number of hydrogen-bond donors (Lipinski definition) is 1. The van der Waals surface area contributed by atoms with E-state index in [2.05, 4.69) is 32.2 Å². The maximum absolute atomic E-state index is 12.0. The maximum atomic E-state index is 12.0. The lowest BCUT2D eigenvalue weighted by Gasteiger charge is -2.37. The summed E-state index contributed by atoms with van der Waals surface area (Å²) >= 11 is 6.28. The second-order valence-corrected chi connectivity index (χ2v) is 8.67. The van der Waals surface area contributed by atoms with Crippen LogP contribution in [0.5, 0.6) is 0 Å². The lowest BCUT2D eigenvalue weighted by molar-refractivity contribution is 0.0488. The van der Waals surface area contributed by atoms with Gasteiger partial charge in [0, 0.05) is 31.9 Å². The normalized spacial score (nSPS) is 18.4. The monoisotopic (exact) mass is 404 g/mol. The molecular formula is C21H29ClN4O2. The van der Waals surface area contributed by atoms with Crippen molar-refractivity contribution >= 4 is 23.5 Å². The smallest absolute Gasteiger partial charge is 0.407 e. The first-order valence-corrected chi connectivity index (χ1v) is 10.1. The van der Waals surface area contributed by atoms with E-state index in [-0.39, 0.29) is 12.1 Å². The van der Waals surface area contributed by atoms with Gasteiger partial charge in [-0.25, -0.2) is 9.79 Å². The molecule has 2 aliphatic heterocycles. The van der Waals surface area contributed by atoms with Crippen LogP contribution in [-0.2, 0) is 11.3 Å². The summed E-state index contributed by atoms with van der Waals surface area (Å²) < 4.78 is 5.35. The molecule has 28 heavy (non-hydrogen) atoms. The van der Waals surface area contributed by atoms with Crippen LogP contribution >= 0.6 is 11.6 Å². The number of benzene rings is 1. The zero-order valence-corrected chi connectivity index (χ0v) is 17.6. The molecule has 0 spiro atoms. The molecule has 7 heteroatoms. The molecule has 2 heterocycles. The summed E-state index contributed by atoms with van der Waals surface area (Å²) in [6.45, 7) is 8.81. The molecular weight excluding hydrogens is 376 g/mol. The Morgan fingerprint density at radius 2 is 1.93 bits per heavy atom. The van der Waals surface area contributed by atoms with Gasteiger partial charge in [-0.2, -0.15) is 0 Å². The molecule has 3 rings (SSSR count).